The third kappa shape index (κ3) is 9.96. The number of ether oxygens (including phenoxy) is 3. The van der Waals surface area contributed by atoms with Gasteiger partial charge in [-0.05, 0) is 32.6 Å². The molecular formula is C28H36F3N7O7S. The second-order valence-corrected chi connectivity index (χ2v) is 12.7. The van der Waals surface area contributed by atoms with Crippen LogP contribution in [0.1, 0.15) is 12.0 Å². The molecule has 18 heteroatoms. The fourth-order valence-electron chi connectivity index (χ4n) is 4.12. The maximum atomic E-state index is 14.0. The molecule has 252 valence electrons. The Hall–Kier alpha value is -4.58. The molecule has 2 aromatic carbocycles. The maximum Gasteiger partial charge on any atom is 0.421 e. The predicted molar refractivity (Wildman–Crippen MR) is 168 cm³/mol. The normalized spacial score (nSPS) is 11.7. The van der Waals surface area contributed by atoms with E-state index in [2.05, 4.69) is 20.6 Å². The Morgan fingerprint density at radius 1 is 1.00 bits per heavy atom. The van der Waals surface area contributed by atoms with Gasteiger partial charge in [0.2, 0.25) is 5.95 Å². The zero-order valence-electron chi connectivity index (χ0n) is 26.1. The molecule has 0 unspecified atom stereocenters. The number of alkyl halides is 3. The number of halogens is 3. The summed E-state index contributed by atoms with van der Waals surface area (Å²) in [5, 5.41) is 17.3. The first-order valence-electron chi connectivity index (χ1n) is 13.7. The van der Waals surface area contributed by atoms with Gasteiger partial charge in [0.25, 0.3) is 5.69 Å². The maximum absolute atomic E-state index is 14.0. The Bertz CT molecular complexity index is 1640. The van der Waals surface area contributed by atoms with Gasteiger partial charge in [-0.3, -0.25) is 10.1 Å². The topological polar surface area (TPSA) is 161 Å². The van der Waals surface area contributed by atoms with Gasteiger partial charge in [0.15, 0.2) is 0 Å². The molecule has 0 atom stereocenters. The van der Waals surface area contributed by atoms with Crippen LogP contribution in [0.15, 0.2) is 36.5 Å². The van der Waals surface area contributed by atoms with Crippen molar-refractivity contribution >= 4 is 44.4 Å². The molecule has 1 heterocycles. The summed E-state index contributed by atoms with van der Waals surface area (Å²) in [6.07, 6.45) is -2.89. The van der Waals surface area contributed by atoms with Gasteiger partial charge < -0.3 is 34.6 Å². The van der Waals surface area contributed by atoms with E-state index in [0.29, 0.717) is 25.0 Å². The lowest BCUT2D eigenvalue weighted by Crippen LogP contribution is -2.29. The standard InChI is InChI=1S/C28H36F3N7O7S/c1-36(2)10-11-37(3)22-16-25(44-5)21(15-23(22)38(39)40)33-26-19(28(29,30)31)17-32-27(35-26)34-20-9-8-18(14-24(20)43-4)45-12-7-13-46(6,41)42/h8-9,14-17H,7,10-13H2,1-6H3,(H2,32,33,34,35). The van der Waals surface area contributed by atoms with Gasteiger partial charge in [0.05, 0.1) is 42.9 Å². The Morgan fingerprint density at radius 3 is 2.26 bits per heavy atom. The molecule has 3 aromatic rings. The van der Waals surface area contributed by atoms with Crippen molar-refractivity contribution < 1.29 is 40.7 Å². The molecule has 0 aliphatic heterocycles. The monoisotopic (exact) mass is 671 g/mol. The van der Waals surface area contributed by atoms with Crippen molar-refractivity contribution in [1.29, 1.82) is 0 Å². The van der Waals surface area contributed by atoms with Crippen LogP contribution < -0.4 is 29.7 Å². The highest BCUT2D eigenvalue weighted by Gasteiger charge is 2.36. The SMILES string of the molecule is COc1cc(OCCCS(C)(=O)=O)ccc1Nc1ncc(C(F)(F)F)c(Nc2cc([N+](=O)[O-])c(N(C)CCN(C)C)cc2OC)n1. The molecule has 0 amide bonds. The summed E-state index contributed by atoms with van der Waals surface area (Å²) in [5.41, 5.74) is -1.20. The summed E-state index contributed by atoms with van der Waals surface area (Å²) in [7, 11) is 4.89. The van der Waals surface area contributed by atoms with Crippen molar-refractivity contribution in [3.63, 3.8) is 0 Å². The second-order valence-electron chi connectivity index (χ2n) is 10.4. The Morgan fingerprint density at radius 2 is 1.67 bits per heavy atom. The molecule has 0 saturated carbocycles. The minimum Gasteiger partial charge on any atom is -0.494 e. The van der Waals surface area contributed by atoms with E-state index >= 15 is 0 Å². The van der Waals surface area contributed by atoms with E-state index in [0.717, 1.165) is 12.3 Å². The summed E-state index contributed by atoms with van der Waals surface area (Å²) in [5.74, 6) is -0.309. The van der Waals surface area contributed by atoms with Gasteiger partial charge in [-0.2, -0.15) is 18.2 Å². The lowest BCUT2D eigenvalue weighted by Gasteiger charge is -2.23. The van der Waals surface area contributed by atoms with E-state index in [1.54, 1.807) is 18.0 Å². The number of sulfone groups is 1. The van der Waals surface area contributed by atoms with Crippen molar-refractivity contribution in [1.82, 2.24) is 14.9 Å². The molecular weight excluding hydrogens is 635 g/mol. The highest BCUT2D eigenvalue weighted by atomic mass is 32.2. The first-order valence-corrected chi connectivity index (χ1v) is 15.8. The van der Waals surface area contributed by atoms with E-state index in [1.165, 1.54) is 32.4 Å². The molecule has 2 N–H and O–H groups in total. The number of nitrogens with one attached hydrogen (secondary N) is 2. The van der Waals surface area contributed by atoms with Gasteiger partial charge in [-0.15, -0.1) is 0 Å². The molecule has 0 spiro atoms. The fourth-order valence-corrected chi connectivity index (χ4v) is 4.76. The highest BCUT2D eigenvalue weighted by molar-refractivity contribution is 7.90. The molecule has 0 radical (unpaired) electrons. The lowest BCUT2D eigenvalue weighted by molar-refractivity contribution is -0.384. The first kappa shape index (κ1) is 35.9. The number of hydrogen-bond donors (Lipinski definition) is 2. The van der Waals surface area contributed by atoms with Gasteiger partial charge in [-0.25, -0.2) is 13.4 Å². The van der Waals surface area contributed by atoms with Crippen molar-refractivity contribution in [2.45, 2.75) is 12.6 Å². The first-order chi connectivity index (χ1) is 21.5. The summed E-state index contributed by atoms with van der Waals surface area (Å²) >= 11 is 0. The number of anilines is 5. The zero-order chi connectivity index (χ0) is 34.2. The molecule has 3 rings (SSSR count). The van der Waals surface area contributed by atoms with Crippen molar-refractivity contribution in [2.24, 2.45) is 0 Å². The van der Waals surface area contributed by atoms with Crippen molar-refractivity contribution in [3.8, 4) is 17.2 Å². The zero-order valence-corrected chi connectivity index (χ0v) is 27.0. The number of rotatable bonds is 16. The van der Waals surface area contributed by atoms with Gasteiger partial charge in [0.1, 0.15) is 44.2 Å². The van der Waals surface area contributed by atoms with E-state index in [9.17, 15) is 31.7 Å². The van der Waals surface area contributed by atoms with Gasteiger partial charge in [-0.1, -0.05) is 0 Å². The van der Waals surface area contributed by atoms with Crippen LogP contribution >= 0.6 is 0 Å². The molecule has 0 bridgehead atoms. The van der Waals surface area contributed by atoms with Gasteiger partial charge >= 0.3 is 6.18 Å². The van der Waals surface area contributed by atoms with E-state index in [1.807, 2.05) is 19.0 Å². The molecule has 0 aliphatic carbocycles. The van der Waals surface area contributed by atoms with Crippen LogP contribution in [0.3, 0.4) is 0 Å². The molecule has 0 saturated heterocycles. The largest absolute Gasteiger partial charge is 0.494 e. The molecule has 1 aromatic heterocycles. The number of nitrogens with zero attached hydrogens (tertiary/aromatic N) is 5. The van der Waals surface area contributed by atoms with Crippen LogP contribution in [0, 0.1) is 10.1 Å². The molecule has 46 heavy (non-hydrogen) atoms. The van der Waals surface area contributed by atoms with Crippen LogP contribution in [0.5, 0.6) is 17.2 Å². The Labute approximate surface area is 264 Å². The van der Waals surface area contributed by atoms with E-state index < -0.39 is 32.3 Å². The third-order valence-corrected chi connectivity index (χ3v) is 7.51. The van der Waals surface area contributed by atoms with Crippen molar-refractivity contribution in [2.75, 3.05) is 82.6 Å². The minimum absolute atomic E-state index is 0.0391. The number of benzene rings is 2. The number of nitro benzene ring substituents is 1. The predicted octanol–water partition coefficient (Wildman–Crippen LogP) is 4.72. The second kappa shape index (κ2) is 15.1. The number of nitro groups is 1. The molecule has 0 aliphatic rings. The third-order valence-electron chi connectivity index (χ3n) is 6.48. The summed E-state index contributed by atoms with van der Waals surface area (Å²) < 4.78 is 81.0. The Kier molecular flexibility index (Phi) is 11.8. The average molecular weight is 672 g/mol. The number of hydrogen-bond acceptors (Lipinski definition) is 13. The van der Waals surface area contributed by atoms with Crippen LogP contribution in [0.4, 0.5) is 47.7 Å². The van der Waals surface area contributed by atoms with Crippen LogP contribution in [-0.4, -0.2) is 95.3 Å². The van der Waals surface area contributed by atoms with E-state index in [4.69, 9.17) is 14.2 Å². The molecule has 14 nitrogen and oxygen atoms in total. The Balaban J connectivity index is 1.95. The van der Waals surface area contributed by atoms with Crippen LogP contribution in [0.2, 0.25) is 0 Å². The summed E-state index contributed by atoms with van der Waals surface area (Å²) in [6.45, 7) is 1.16. The minimum atomic E-state index is -4.87. The van der Waals surface area contributed by atoms with Crippen LogP contribution in [-0.2, 0) is 16.0 Å². The number of aromatic nitrogens is 2. The molecule has 0 fully saturated rings. The lowest BCUT2D eigenvalue weighted by atomic mass is 10.2. The average Bonchev–Trinajstić information content (AvgIpc) is 2.97. The van der Waals surface area contributed by atoms with Crippen LogP contribution in [0.25, 0.3) is 0 Å². The quantitative estimate of drug-likeness (QED) is 0.122. The fraction of sp³-hybridized carbons (Fsp3) is 0.429. The van der Waals surface area contributed by atoms with Gasteiger partial charge in [0, 0.05) is 50.8 Å². The summed E-state index contributed by atoms with van der Waals surface area (Å²) in [6, 6.07) is 7.05. The number of methoxy groups -OCH3 is 2. The van der Waals surface area contributed by atoms with E-state index in [-0.39, 0.29) is 59.0 Å². The highest BCUT2D eigenvalue weighted by Crippen LogP contribution is 2.42. The summed E-state index contributed by atoms with van der Waals surface area (Å²) in [4.78, 5) is 22.7. The van der Waals surface area contributed by atoms with Crippen molar-refractivity contribution in [3.05, 3.63) is 52.2 Å². The number of likely N-dealkylation sites (N-methyl/N-ethyl adjacent to an activating group) is 2. The smallest absolute Gasteiger partial charge is 0.421 e.